The molecule has 1 saturated carbocycles. The van der Waals surface area contributed by atoms with Gasteiger partial charge in [-0.2, -0.15) is 0 Å². The molecule has 0 spiro atoms. The summed E-state index contributed by atoms with van der Waals surface area (Å²) in [6.45, 7) is 9.02. The van der Waals surface area contributed by atoms with Gasteiger partial charge in [-0.3, -0.25) is 9.59 Å². The molecule has 0 bridgehead atoms. The minimum absolute atomic E-state index is 0.0588. The highest BCUT2D eigenvalue weighted by atomic mass is 16.6. The fraction of sp³-hybridized carbons (Fsp3) is 0.750. The van der Waals surface area contributed by atoms with Gasteiger partial charge in [0.2, 0.25) is 0 Å². The Morgan fingerprint density at radius 3 is 2.44 bits per heavy atom. The van der Waals surface area contributed by atoms with E-state index in [0.717, 1.165) is 19.3 Å². The van der Waals surface area contributed by atoms with Gasteiger partial charge in [0.15, 0.2) is 0 Å². The highest BCUT2D eigenvalue weighted by Crippen LogP contribution is 2.61. The van der Waals surface area contributed by atoms with Gasteiger partial charge in [-0.25, -0.2) is 4.79 Å². The molecule has 3 rings (SSSR count). The molecule has 0 radical (unpaired) electrons. The van der Waals surface area contributed by atoms with Crippen molar-refractivity contribution in [1.29, 1.82) is 0 Å². The van der Waals surface area contributed by atoms with Crippen LogP contribution in [-0.2, 0) is 19.1 Å². The van der Waals surface area contributed by atoms with E-state index in [4.69, 9.17) is 4.74 Å². The van der Waals surface area contributed by atoms with Crippen LogP contribution in [0.4, 0.5) is 0 Å². The molecule has 0 unspecified atom stereocenters. The predicted molar refractivity (Wildman–Crippen MR) is 96.6 cm³/mol. The summed E-state index contributed by atoms with van der Waals surface area (Å²) in [4.78, 5) is 37.7. The second-order valence-corrected chi connectivity index (χ2v) is 9.10. The third-order valence-electron chi connectivity index (χ3n) is 6.88. The molecule has 2 aliphatic carbocycles. The van der Waals surface area contributed by atoms with Gasteiger partial charge in [0, 0.05) is 30.4 Å². The number of carbonyl (C=O) groups excluding carboxylic acids is 2. The molecule has 1 fully saturated rings. The highest BCUT2D eigenvalue weighted by molar-refractivity contribution is 6.01. The monoisotopic (exact) mass is 379 g/mol. The molecule has 3 aliphatic rings. The topological polar surface area (TPSA) is 104 Å². The highest BCUT2D eigenvalue weighted by Gasteiger charge is 2.62. The van der Waals surface area contributed by atoms with E-state index < -0.39 is 35.6 Å². The molecule has 1 amide bonds. The largest absolute Gasteiger partial charge is 0.480 e. The molecule has 7 nitrogen and oxygen atoms in total. The molecular formula is C20H29NO6. The summed E-state index contributed by atoms with van der Waals surface area (Å²) in [7, 11) is 0. The number of aliphatic hydroxyl groups is 1. The number of carboxylic acids is 1. The van der Waals surface area contributed by atoms with Crippen LogP contribution in [0.1, 0.15) is 53.9 Å². The van der Waals surface area contributed by atoms with Crippen molar-refractivity contribution >= 4 is 17.8 Å². The van der Waals surface area contributed by atoms with Crippen LogP contribution in [-0.4, -0.2) is 57.8 Å². The molecule has 0 saturated heterocycles. The average Bonchev–Trinajstić information content (AvgIpc) is 2.88. The van der Waals surface area contributed by atoms with Crippen LogP contribution in [0.25, 0.3) is 0 Å². The lowest BCUT2D eigenvalue weighted by Crippen LogP contribution is -2.58. The Bertz CT molecular complexity index is 726. The first-order valence-electron chi connectivity index (χ1n) is 9.54. The standard InChI is InChI=1S/C20H29NO6/c1-10(18(25)26)21-9-12-13(17(21)24)20(5)8-6-7-19(3,4)16(20)15(14(12)23)27-11(2)22/h10,14-16,23H,6-9H2,1-5H3,(H,25,26)/t10-,14+,15+,16-,20+/m0/s1. The summed E-state index contributed by atoms with van der Waals surface area (Å²) < 4.78 is 5.59. The summed E-state index contributed by atoms with van der Waals surface area (Å²) >= 11 is 0. The average molecular weight is 379 g/mol. The van der Waals surface area contributed by atoms with Crippen molar-refractivity contribution in [3.05, 3.63) is 11.1 Å². The first kappa shape index (κ1) is 19.9. The molecule has 150 valence electrons. The Kier molecular flexibility index (Phi) is 4.65. The fourth-order valence-corrected chi connectivity index (χ4v) is 5.79. The summed E-state index contributed by atoms with van der Waals surface area (Å²) in [6, 6.07) is -0.985. The Morgan fingerprint density at radius 1 is 1.26 bits per heavy atom. The normalized spacial score (nSPS) is 36.1. The summed E-state index contributed by atoms with van der Waals surface area (Å²) in [6.07, 6.45) is 0.722. The van der Waals surface area contributed by atoms with Crippen LogP contribution >= 0.6 is 0 Å². The molecule has 0 aromatic rings. The van der Waals surface area contributed by atoms with Crippen LogP contribution in [0.5, 0.6) is 0 Å². The van der Waals surface area contributed by atoms with Crippen molar-refractivity contribution in [3.8, 4) is 0 Å². The SMILES string of the molecule is CC(=O)O[C@@H]1[C@H](O)C2=C(C(=O)N([C@@H](C)C(=O)O)C2)[C@@]2(C)CCCC(C)(C)[C@H]12. The summed E-state index contributed by atoms with van der Waals surface area (Å²) in [5.74, 6) is -2.09. The maximum atomic E-state index is 13.2. The fourth-order valence-electron chi connectivity index (χ4n) is 5.79. The van der Waals surface area contributed by atoms with Gasteiger partial charge in [0.05, 0.1) is 0 Å². The molecule has 1 heterocycles. The molecule has 2 N–H and O–H groups in total. The Hall–Kier alpha value is -1.89. The Labute approximate surface area is 159 Å². The number of amides is 1. The van der Waals surface area contributed by atoms with Gasteiger partial charge in [-0.1, -0.05) is 27.2 Å². The molecule has 0 aromatic carbocycles. The van der Waals surface area contributed by atoms with Gasteiger partial charge in [-0.05, 0) is 30.8 Å². The van der Waals surface area contributed by atoms with E-state index in [9.17, 15) is 24.6 Å². The lowest BCUT2D eigenvalue weighted by atomic mass is 9.49. The first-order valence-corrected chi connectivity index (χ1v) is 9.54. The maximum absolute atomic E-state index is 13.2. The molecule has 7 heteroatoms. The number of hydrogen-bond acceptors (Lipinski definition) is 5. The van der Waals surface area contributed by atoms with Crippen LogP contribution in [0.3, 0.4) is 0 Å². The number of fused-ring (bicyclic) bond motifs is 2. The summed E-state index contributed by atoms with van der Waals surface area (Å²) in [5, 5.41) is 20.4. The number of aliphatic hydroxyl groups excluding tert-OH is 1. The second kappa shape index (κ2) is 6.33. The number of carboxylic acid groups (broad SMARTS) is 1. The number of nitrogens with zero attached hydrogens (tertiary/aromatic N) is 1. The zero-order chi connectivity index (χ0) is 20.3. The number of rotatable bonds is 3. The third-order valence-corrected chi connectivity index (χ3v) is 6.88. The number of ether oxygens (including phenoxy) is 1. The van der Waals surface area contributed by atoms with Crippen molar-refractivity contribution in [1.82, 2.24) is 4.90 Å². The van der Waals surface area contributed by atoms with Crippen LogP contribution in [0, 0.1) is 16.7 Å². The van der Waals surface area contributed by atoms with Crippen molar-refractivity contribution in [2.24, 2.45) is 16.7 Å². The van der Waals surface area contributed by atoms with Crippen molar-refractivity contribution < 1.29 is 29.3 Å². The lowest BCUT2D eigenvalue weighted by molar-refractivity contribution is -0.173. The van der Waals surface area contributed by atoms with Gasteiger partial charge in [0.25, 0.3) is 5.91 Å². The second-order valence-electron chi connectivity index (χ2n) is 9.10. The number of esters is 1. The van der Waals surface area contributed by atoms with E-state index in [0.29, 0.717) is 11.1 Å². The zero-order valence-corrected chi connectivity index (χ0v) is 16.6. The molecule has 0 aromatic heterocycles. The molecular weight excluding hydrogens is 350 g/mol. The van der Waals surface area contributed by atoms with Crippen LogP contribution < -0.4 is 0 Å². The van der Waals surface area contributed by atoms with Crippen LogP contribution in [0.2, 0.25) is 0 Å². The van der Waals surface area contributed by atoms with Gasteiger partial charge in [-0.15, -0.1) is 0 Å². The smallest absolute Gasteiger partial charge is 0.326 e. The van der Waals surface area contributed by atoms with Crippen molar-refractivity contribution in [3.63, 3.8) is 0 Å². The van der Waals surface area contributed by atoms with E-state index in [1.54, 1.807) is 0 Å². The Balaban J connectivity index is 2.13. The van der Waals surface area contributed by atoms with Gasteiger partial charge >= 0.3 is 11.9 Å². The number of aliphatic carboxylic acids is 1. The minimum atomic E-state index is -1.10. The van der Waals surface area contributed by atoms with Crippen molar-refractivity contribution in [2.45, 2.75) is 72.1 Å². The summed E-state index contributed by atoms with van der Waals surface area (Å²) in [5.41, 5.74) is 0.235. The van der Waals surface area contributed by atoms with E-state index in [1.165, 1.54) is 18.7 Å². The van der Waals surface area contributed by atoms with Gasteiger partial charge in [0.1, 0.15) is 18.2 Å². The molecule has 5 atom stereocenters. The van der Waals surface area contributed by atoms with E-state index in [1.807, 2.05) is 6.92 Å². The quantitative estimate of drug-likeness (QED) is 0.724. The zero-order valence-electron chi connectivity index (χ0n) is 16.6. The third kappa shape index (κ3) is 2.87. The number of carbonyl (C=O) groups is 3. The molecule has 1 aliphatic heterocycles. The van der Waals surface area contributed by atoms with E-state index in [2.05, 4.69) is 13.8 Å². The van der Waals surface area contributed by atoms with Gasteiger partial charge < -0.3 is 19.8 Å². The minimum Gasteiger partial charge on any atom is -0.480 e. The maximum Gasteiger partial charge on any atom is 0.326 e. The lowest BCUT2D eigenvalue weighted by Gasteiger charge is -2.57. The van der Waals surface area contributed by atoms with Crippen LogP contribution in [0.15, 0.2) is 11.1 Å². The van der Waals surface area contributed by atoms with Crippen molar-refractivity contribution in [2.75, 3.05) is 6.54 Å². The predicted octanol–water partition coefficient (Wildman–Crippen LogP) is 1.74. The number of hydrogen-bond donors (Lipinski definition) is 2. The Morgan fingerprint density at radius 2 is 1.89 bits per heavy atom. The van der Waals surface area contributed by atoms with E-state index in [-0.39, 0.29) is 23.8 Å². The van der Waals surface area contributed by atoms with E-state index >= 15 is 0 Å². The first-order chi connectivity index (χ1) is 12.4. The molecule has 27 heavy (non-hydrogen) atoms.